The Kier molecular flexibility index (Phi) is 8.66. The number of sulfonamides is 2. The fourth-order valence-electron chi connectivity index (χ4n) is 4.19. The molecule has 2 aromatic rings. The van der Waals surface area contributed by atoms with Crippen LogP contribution in [0, 0.1) is 11.3 Å². The van der Waals surface area contributed by atoms with Crippen molar-refractivity contribution in [1.29, 1.82) is 5.26 Å². The predicted molar refractivity (Wildman–Crippen MR) is 130 cm³/mol. The van der Waals surface area contributed by atoms with Crippen LogP contribution in [0.5, 0.6) is 0 Å². The number of anilines is 1. The molecule has 0 amide bonds. The van der Waals surface area contributed by atoms with Crippen LogP contribution in [-0.2, 0) is 33.0 Å². The lowest BCUT2D eigenvalue weighted by atomic mass is 10.1. The fourth-order valence-corrected chi connectivity index (χ4v) is 6.40. The number of nitrogens with one attached hydrogen (secondary N) is 1. The SMILES string of the molecule is CCCS(=O)(=O)N1Cc2cc(C#N)ccc2N(CCNS(=O)(=O)C(F)(F)F)CC1Cc1ccccc1. The van der Waals surface area contributed by atoms with Gasteiger partial charge in [0.1, 0.15) is 0 Å². The lowest BCUT2D eigenvalue weighted by molar-refractivity contribution is -0.0447. The Balaban J connectivity index is 2.01. The molecule has 2 aromatic carbocycles. The first kappa shape index (κ1) is 27.9. The number of rotatable bonds is 9. The van der Waals surface area contributed by atoms with Crippen LogP contribution in [0.2, 0.25) is 0 Å². The molecule has 8 nitrogen and oxygen atoms in total. The van der Waals surface area contributed by atoms with Gasteiger partial charge in [-0.15, -0.1) is 0 Å². The Bertz CT molecular complexity index is 1310. The molecule has 1 N–H and O–H groups in total. The summed E-state index contributed by atoms with van der Waals surface area (Å²) >= 11 is 0. The molecule has 0 radical (unpaired) electrons. The normalized spacial score (nSPS) is 17.3. The van der Waals surface area contributed by atoms with Gasteiger partial charge in [-0.3, -0.25) is 0 Å². The summed E-state index contributed by atoms with van der Waals surface area (Å²) in [6.45, 7) is 1.17. The smallest absolute Gasteiger partial charge is 0.368 e. The van der Waals surface area contributed by atoms with Crippen molar-refractivity contribution in [2.45, 2.75) is 37.9 Å². The topological polar surface area (TPSA) is 111 Å². The minimum absolute atomic E-state index is 0.0184. The molecule has 1 unspecified atom stereocenters. The maximum atomic E-state index is 13.3. The van der Waals surface area contributed by atoms with Crippen LogP contribution in [0.4, 0.5) is 18.9 Å². The quantitative estimate of drug-likeness (QED) is 0.520. The van der Waals surface area contributed by atoms with E-state index in [1.807, 2.05) is 36.4 Å². The molecular formula is C23H27F3N4O4S2. The van der Waals surface area contributed by atoms with Gasteiger partial charge >= 0.3 is 15.5 Å². The molecule has 0 fully saturated rings. The van der Waals surface area contributed by atoms with E-state index < -0.39 is 38.1 Å². The average molecular weight is 545 g/mol. The van der Waals surface area contributed by atoms with Crippen molar-refractivity contribution in [3.8, 4) is 6.07 Å². The Hall–Kier alpha value is -2.66. The Morgan fingerprint density at radius 1 is 1.11 bits per heavy atom. The zero-order chi connectivity index (χ0) is 26.6. The monoisotopic (exact) mass is 544 g/mol. The molecular weight excluding hydrogens is 517 g/mol. The van der Waals surface area contributed by atoms with Crippen LogP contribution in [0.3, 0.4) is 0 Å². The van der Waals surface area contributed by atoms with Gasteiger partial charge in [0.05, 0.1) is 17.4 Å². The van der Waals surface area contributed by atoms with Gasteiger partial charge < -0.3 is 4.90 Å². The van der Waals surface area contributed by atoms with Crippen molar-refractivity contribution in [3.63, 3.8) is 0 Å². The molecule has 1 atom stereocenters. The molecule has 36 heavy (non-hydrogen) atoms. The molecule has 0 saturated heterocycles. The summed E-state index contributed by atoms with van der Waals surface area (Å²) in [5, 5.41) is 9.36. The van der Waals surface area contributed by atoms with Crippen LogP contribution >= 0.6 is 0 Å². The first-order valence-corrected chi connectivity index (χ1v) is 14.3. The second-order valence-corrected chi connectivity index (χ2v) is 12.2. The maximum absolute atomic E-state index is 13.3. The number of hydrogen-bond donors (Lipinski definition) is 1. The second kappa shape index (κ2) is 11.2. The summed E-state index contributed by atoms with van der Waals surface area (Å²) in [4.78, 5) is 1.67. The molecule has 196 valence electrons. The van der Waals surface area contributed by atoms with Crippen molar-refractivity contribution in [2.75, 3.05) is 30.3 Å². The van der Waals surface area contributed by atoms with Gasteiger partial charge in [-0.25, -0.2) is 21.6 Å². The van der Waals surface area contributed by atoms with Crippen molar-refractivity contribution in [1.82, 2.24) is 9.03 Å². The Morgan fingerprint density at radius 3 is 2.42 bits per heavy atom. The van der Waals surface area contributed by atoms with Gasteiger partial charge in [0.25, 0.3) is 0 Å². The van der Waals surface area contributed by atoms with E-state index in [0.29, 0.717) is 29.7 Å². The minimum Gasteiger partial charge on any atom is -0.368 e. The number of fused-ring (bicyclic) bond motifs is 1. The summed E-state index contributed by atoms with van der Waals surface area (Å²) in [7, 11) is -9.24. The number of hydrogen-bond acceptors (Lipinski definition) is 6. The maximum Gasteiger partial charge on any atom is 0.511 e. The number of benzene rings is 2. The average Bonchev–Trinajstić information content (AvgIpc) is 2.96. The Labute approximate surface area is 209 Å². The van der Waals surface area contributed by atoms with E-state index in [0.717, 1.165) is 5.56 Å². The van der Waals surface area contributed by atoms with Crippen LogP contribution in [0.15, 0.2) is 48.5 Å². The molecule has 0 aliphatic carbocycles. The highest BCUT2D eigenvalue weighted by Gasteiger charge is 2.45. The van der Waals surface area contributed by atoms with E-state index in [9.17, 15) is 35.3 Å². The third kappa shape index (κ3) is 6.56. The van der Waals surface area contributed by atoms with Crippen molar-refractivity contribution < 1.29 is 30.0 Å². The van der Waals surface area contributed by atoms with Crippen LogP contribution < -0.4 is 9.62 Å². The Morgan fingerprint density at radius 2 is 1.81 bits per heavy atom. The van der Waals surface area contributed by atoms with Gasteiger partial charge in [0.15, 0.2) is 0 Å². The van der Waals surface area contributed by atoms with Gasteiger partial charge in [0, 0.05) is 37.9 Å². The zero-order valence-corrected chi connectivity index (χ0v) is 21.2. The van der Waals surface area contributed by atoms with E-state index >= 15 is 0 Å². The fraction of sp³-hybridized carbons (Fsp3) is 0.435. The highest BCUT2D eigenvalue weighted by molar-refractivity contribution is 7.90. The van der Waals surface area contributed by atoms with E-state index in [4.69, 9.17) is 0 Å². The second-order valence-electron chi connectivity index (χ2n) is 8.45. The molecule has 0 bridgehead atoms. The van der Waals surface area contributed by atoms with Gasteiger partial charge in [-0.2, -0.15) is 22.7 Å². The summed E-state index contributed by atoms with van der Waals surface area (Å²) < 4.78 is 90.8. The molecule has 0 aromatic heterocycles. The van der Waals surface area contributed by atoms with Gasteiger partial charge in [-0.05, 0) is 42.2 Å². The number of nitrogens with zero attached hydrogens (tertiary/aromatic N) is 3. The molecule has 0 saturated carbocycles. The van der Waals surface area contributed by atoms with Gasteiger partial charge in [-0.1, -0.05) is 37.3 Å². The summed E-state index contributed by atoms with van der Waals surface area (Å²) in [6.07, 6.45) is 0.735. The molecule has 1 heterocycles. The van der Waals surface area contributed by atoms with E-state index in [-0.39, 0.29) is 25.4 Å². The van der Waals surface area contributed by atoms with E-state index in [1.165, 1.54) is 10.4 Å². The van der Waals surface area contributed by atoms with Crippen LogP contribution in [0.1, 0.15) is 30.0 Å². The molecule has 0 spiro atoms. The van der Waals surface area contributed by atoms with E-state index in [2.05, 4.69) is 0 Å². The van der Waals surface area contributed by atoms with Gasteiger partial charge in [0.2, 0.25) is 10.0 Å². The number of alkyl halides is 3. The lowest BCUT2D eigenvalue weighted by Gasteiger charge is -2.32. The van der Waals surface area contributed by atoms with Crippen LogP contribution in [0.25, 0.3) is 0 Å². The first-order valence-electron chi connectivity index (χ1n) is 11.3. The zero-order valence-electron chi connectivity index (χ0n) is 19.6. The molecule has 1 aliphatic heterocycles. The summed E-state index contributed by atoms with van der Waals surface area (Å²) in [6, 6.07) is 15.4. The van der Waals surface area contributed by atoms with Crippen molar-refractivity contribution in [3.05, 3.63) is 65.2 Å². The number of halogens is 3. The largest absolute Gasteiger partial charge is 0.511 e. The highest BCUT2D eigenvalue weighted by Crippen LogP contribution is 2.31. The highest BCUT2D eigenvalue weighted by atomic mass is 32.2. The van der Waals surface area contributed by atoms with Crippen LogP contribution in [-0.4, -0.2) is 58.1 Å². The van der Waals surface area contributed by atoms with E-state index in [1.54, 1.807) is 28.7 Å². The number of nitriles is 1. The standard InChI is InChI=1S/C23H27F3N4O4S2/c1-2-12-35(31,32)30-16-20-13-19(15-27)8-9-22(20)29(11-10-28-36(33,34)23(24,25)26)17-21(30)14-18-6-4-3-5-7-18/h3-9,13,21,28H,2,10-12,14,16-17H2,1H3. The first-order chi connectivity index (χ1) is 16.9. The van der Waals surface area contributed by atoms with Crippen molar-refractivity contribution in [2.24, 2.45) is 0 Å². The summed E-state index contributed by atoms with van der Waals surface area (Å²) in [5.41, 5.74) is -3.21. The third-order valence-corrected chi connectivity index (χ3v) is 9.09. The molecule has 13 heteroatoms. The predicted octanol–water partition coefficient (Wildman–Crippen LogP) is 2.97. The van der Waals surface area contributed by atoms with Crippen molar-refractivity contribution >= 4 is 25.7 Å². The minimum atomic E-state index is -5.53. The molecule has 3 rings (SSSR count). The third-order valence-electron chi connectivity index (χ3n) is 5.83. The summed E-state index contributed by atoms with van der Waals surface area (Å²) in [5.74, 6) is -0.0864. The lowest BCUT2D eigenvalue weighted by Crippen LogP contribution is -2.48. The molecule has 1 aliphatic rings.